The van der Waals surface area contributed by atoms with Crippen molar-refractivity contribution in [2.24, 2.45) is 0 Å². The topological polar surface area (TPSA) is 16.1 Å². The number of rotatable bonds is 0. The second-order valence-electron chi connectivity index (χ2n) is 6.36. The monoisotopic (exact) mass is 372 g/mol. The molecule has 2 aromatic rings. The molecule has 0 radical (unpaired) electrons. The van der Waals surface area contributed by atoms with Gasteiger partial charge in [-0.2, -0.15) is 13.2 Å². The predicted molar refractivity (Wildman–Crippen MR) is 85.2 cm³/mol. The van der Waals surface area contributed by atoms with Crippen LogP contribution in [0.4, 0.5) is 18.9 Å². The van der Waals surface area contributed by atoms with Crippen molar-refractivity contribution >= 4 is 32.5 Å². The molecule has 0 saturated carbocycles. The van der Waals surface area contributed by atoms with Crippen molar-refractivity contribution in [3.8, 4) is 0 Å². The fourth-order valence-electron chi connectivity index (χ4n) is 2.96. The Bertz CT molecular complexity index is 753. The van der Waals surface area contributed by atoms with Crippen LogP contribution in [0.25, 0.3) is 10.9 Å². The number of pyridine rings is 1. The number of hydrogen-bond acceptors (Lipinski definition) is 2. The summed E-state index contributed by atoms with van der Waals surface area (Å²) in [6, 6.07) is 4.47. The summed E-state index contributed by atoms with van der Waals surface area (Å²) >= 11 is 3.08. The first kappa shape index (κ1) is 15.6. The predicted octanol–water partition coefficient (Wildman–Crippen LogP) is 5.18. The van der Waals surface area contributed by atoms with E-state index in [1.54, 1.807) is 12.1 Å². The summed E-state index contributed by atoms with van der Waals surface area (Å²) in [5.74, 6) is 0. The third kappa shape index (κ3) is 2.47. The third-order valence-corrected chi connectivity index (χ3v) is 4.96. The summed E-state index contributed by atoms with van der Waals surface area (Å²) in [5, 5.41) is 0.169. The Labute approximate surface area is 135 Å². The van der Waals surface area contributed by atoms with Crippen LogP contribution in [0, 0.1) is 0 Å². The van der Waals surface area contributed by atoms with Gasteiger partial charge in [-0.25, -0.2) is 4.98 Å². The number of aryl methyl sites for hydroxylation is 1. The number of hydrogen-bond donors (Lipinski definition) is 0. The molecule has 2 heterocycles. The van der Waals surface area contributed by atoms with E-state index < -0.39 is 11.7 Å². The molecule has 0 fully saturated rings. The summed E-state index contributed by atoms with van der Waals surface area (Å²) in [6.07, 6.45) is -2.71. The number of nitrogens with zero attached hydrogens (tertiary/aromatic N) is 2. The SMILES string of the molecule is CN1c2cc3nc(Br)cc(C(F)(F)F)c3cc2CCC1(C)C. The maximum absolute atomic E-state index is 13.3. The molecule has 0 aliphatic carbocycles. The molecule has 0 unspecified atom stereocenters. The first-order valence-corrected chi connectivity index (χ1v) is 7.83. The van der Waals surface area contributed by atoms with E-state index in [4.69, 9.17) is 0 Å². The van der Waals surface area contributed by atoms with Gasteiger partial charge >= 0.3 is 6.18 Å². The minimum Gasteiger partial charge on any atom is -0.369 e. The number of anilines is 1. The summed E-state index contributed by atoms with van der Waals surface area (Å²) in [6.45, 7) is 4.27. The maximum Gasteiger partial charge on any atom is 0.417 e. The van der Waals surface area contributed by atoms with Crippen molar-refractivity contribution in [3.05, 3.63) is 33.9 Å². The van der Waals surface area contributed by atoms with Crippen molar-refractivity contribution in [2.45, 2.75) is 38.4 Å². The number of aromatic nitrogens is 1. The van der Waals surface area contributed by atoms with Gasteiger partial charge in [-0.3, -0.25) is 0 Å². The highest BCUT2D eigenvalue weighted by Crippen LogP contribution is 2.41. The van der Waals surface area contributed by atoms with Crippen LogP contribution >= 0.6 is 15.9 Å². The second kappa shape index (κ2) is 4.85. The lowest BCUT2D eigenvalue weighted by Crippen LogP contribution is -2.44. The van der Waals surface area contributed by atoms with Crippen LogP contribution in [0.5, 0.6) is 0 Å². The molecule has 0 saturated heterocycles. The first-order chi connectivity index (χ1) is 10.1. The van der Waals surface area contributed by atoms with Crippen LogP contribution in [0.2, 0.25) is 0 Å². The van der Waals surface area contributed by atoms with Gasteiger partial charge in [0.2, 0.25) is 0 Å². The highest BCUT2D eigenvalue weighted by atomic mass is 79.9. The van der Waals surface area contributed by atoms with Crippen LogP contribution in [0.15, 0.2) is 22.8 Å². The Balaban J connectivity index is 2.29. The Kier molecular flexibility index (Phi) is 3.43. The molecular weight excluding hydrogens is 357 g/mol. The van der Waals surface area contributed by atoms with Crippen LogP contribution in [0.3, 0.4) is 0 Å². The van der Waals surface area contributed by atoms with Crippen molar-refractivity contribution in [3.63, 3.8) is 0 Å². The molecule has 0 spiro atoms. The largest absolute Gasteiger partial charge is 0.417 e. The molecule has 1 aromatic carbocycles. The van der Waals surface area contributed by atoms with Gasteiger partial charge in [-0.05, 0) is 66.4 Å². The Morgan fingerprint density at radius 2 is 1.91 bits per heavy atom. The minimum atomic E-state index is -4.39. The standard InChI is InChI=1S/C16H16BrF3N2/c1-15(2)5-4-9-6-10-11(16(18,19)20)7-14(17)21-12(10)8-13(9)22(15)3/h6-8H,4-5H2,1-3H3. The van der Waals surface area contributed by atoms with Crippen molar-refractivity contribution in [1.82, 2.24) is 4.98 Å². The molecule has 2 nitrogen and oxygen atoms in total. The Hall–Kier alpha value is -1.30. The molecule has 1 aliphatic rings. The second-order valence-corrected chi connectivity index (χ2v) is 7.17. The van der Waals surface area contributed by atoms with Gasteiger partial charge in [0.25, 0.3) is 0 Å². The van der Waals surface area contributed by atoms with Gasteiger partial charge in [-0.1, -0.05) is 0 Å². The lowest BCUT2D eigenvalue weighted by Gasteiger charge is -2.42. The van der Waals surface area contributed by atoms with E-state index in [-0.39, 0.29) is 15.5 Å². The molecular formula is C16H16BrF3N2. The van der Waals surface area contributed by atoms with Crippen LogP contribution in [-0.2, 0) is 12.6 Å². The van der Waals surface area contributed by atoms with Crippen LogP contribution in [-0.4, -0.2) is 17.6 Å². The fourth-order valence-corrected chi connectivity index (χ4v) is 3.38. The summed E-state index contributed by atoms with van der Waals surface area (Å²) in [4.78, 5) is 6.36. The summed E-state index contributed by atoms with van der Waals surface area (Å²) in [5.41, 5.74) is 1.62. The first-order valence-electron chi connectivity index (χ1n) is 7.04. The molecule has 0 atom stereocenters. The number of benzene rings is 1. The lowest BCUT2D eigenvalue weighted by molar-refractivity contribution is -0.136. The number of fused-ring (bicyclic) bond motifs is 2. The average Bonchev–Trinajstić information content (AvgIpc) is 2.40. The summed E-state index contributed by atoms with van der Waals surface area (Å²) in [7, 11) is 1.98. The molecule has 118 valence electrons. The van der Waals surface area contributed by atoms with Gasteiger partial charge < -0.3 is 4.90 Å². The van der Waals surface area contributed by atoms with Crippen molar-refractivity contribution in [2.75, 3.05) is 11.9 Å². The maximum atomic E-state index is 13.3. The number of alkyl halides is 3. The summed E-state index contributed by atoms with van der Waals surface area (Å²) < 4.78 is 40.0. The molecule has 1 aromatic heterocycles. The van der Waals surface area contributed by atoms with Gasteiger partial charge in [-0.15, -0.1) is 0 Å². The smallest absolute Gasteiger partial charge is 0.369 e. The van der Waals surface area contributed by atoms with Crippen molar-refractivity contribution in [1.29, 1.82) is 0 Å². The zero-order valence-electron chi connectivity index (χ0n) is 12.6. The fraction of sp³-hybridized carbons (Fsp3) is 0.438. The molecule has 3 rings (SSSR count). The van der Waals surface area contributed by atoms with Crippen LogP contribution in [0.1, 0.15) is 31.4 Å². The molecule has 22 heavy (non-hydrogen) atoms. The highest BCUT2D eigenvalue weighted by molar-refractivity contribution is 9.10. The Morgan fingerprint density at radius 1 is 1.23 bits per heavy atom. The van der Waals surface area contributed by atoms with E-state index in [1.807, 2.05) is 7.05 Å². The van der Waals surface area contributed by atoms with E-state index in [0.717, 1.165) is 30.2 Å². The number of halogens is 4. The quantitative estimate of drug-likeness (QED) is 0.592. The van der Waals surface area contributed by atoms with E-state index in [1.165, 1.54) is 0 Å². The Morgan fingerprint density at radius 3 is 2.55 bits per heavy atom. The highest BCUT2D eigenvalue weighted by Gasteiger charge is 2.35. The molecule has 0 N–H and O–H groups in total. The van der Waals surface area contributed by atoms with E-state index in [0.29, 0.717) is 5.52 Å². The van der Waals surface area contributed by atoms with E-state index >= 15 is 0 Å². The average molecular weight is 373 g/mol. The van der Waals surface area contributed by atoms with Crippen LogP contribution < -0.4 is 4.90 Å². The van der Waals surface area contributed by atoms with Crippen molar-refractivity contribution < 1.29 is 13.2 Å². The van der Waals surface area contributed by atoms with Gasteiger partial charge in [0.05, 0.1) is 11.1 Å². The van der Waals surface area contributed by atoms with E-state index in [2.05, 4.69) is 39.7 Å². The van der Waals surface area contributed by atoms with Gasteiger partial charge in [0, 0.05) is 23.7 Å². The molecule has 0 bridgehead atoms. The zero-order valence-corrected chi connectivity index (χ0v) is 14.1. The zero-order chi connectivity index (χ0) is 16.3. The lowest BCUT2D eigenvalue weighted by atomic mass is 9.86. The van der Waals surface area contributed by atoms with Gasteiger partial charge in [0.15, 0.2) is 0 Å². The molecule has 1 aliphatic heterocycles. The molecule has 6 heteroatoms. The molecule has 0 amide bonds. The minimum absolute atomic E-state index is 0.0143. The van der Waals surface area contributed by atoms with Gasteiger partial charge in [0.1, 0.15) is 4.60 Å². The normalized spacial score (nSPS) is 17.7. The third-order valence-electron chi connectivity index (χ3n) is 4.56. The van der Waals surface area contributed by atoms with E-state index in [9.17, 15) is 13.2 Å².